The van der Waals surface area contributed by atoms with Crippen LogP contribution < -0.4 is 14.4 Å². The highest BCUT2D eigenvalue weighted by Crippen LogP contribution is 2.34. The van der Waals surface area contributed by atoms with Crippen LogP contribution in [-0.4, -0.2) is 46.9 Å². The number of methoxy groups -OCH3 is 1. The summed E-state index contributed by atoms with van der Waals surface area (Å²) < 4.78 is 13.2. The largest absolute Gasteiger partial charge is 0.497 e. The molecule has 1 amide bonds. The molecule has 1 aromatic heterocycles. The number of nitrogens with zero attached hydrogens (tertiary/aromatic N) is 3. The SMILES string of the molecule is COc1cccc(N2C[C@@H](c3nc4ccccc4n3C[C@H](O)COc3ccc(C)cc3)CC2=O)c1. The van der Waals surface area contributed by atoms with Gasteiger partial charge in [0.1, 0.15) is 30.0 Å². The summed E-state index contributed by atoms with van der Waals surface area (Å²) in [5.41, 5.74) is 3.75. The number of carbonyl (C=O) groups excluding carboxylic acids is 1. The number of aliphatic hydroxyl groups is 1. The van der Waals surface area contributed by atoms with Gasteiger partial charge < -0.3 is 24.0 Å². The molecule has 4 aromatic rings. The predicted octanol–water partition coefficient (Wildman–Crippen LogP) is 4.31. The highest BCUT2D eigenvalue weighted by Gasteiger charge is 2.35. The number of carbonyl (C=O) groups is 1. The number of aromatic nitrogens is 2. The van der Waals surface area contributed by atoms with E-state index in [9.17, 15) is 9.90 Å². The summed E-state index contributed by atoms with van der Waals surface area (Å²) in [5.74, 6) is 2.19. The molecule has 2 atom stereocenters. The molecule has 7 nitrogen and oxygen atoms in total. The molecule has 0 bridgehead atoms. The van der Waals surface area contributed by atoms with Crippen molar-refractivity contribution < 1.29 is 19.4 Å². The lowest BCUT2D eigenvalue weighted by Gasteiger charge is -2.19. The van der Waals surface area contributed by atoms with Crippen molar-refractivity contribution in [2.24, 2.45) is 0 Å². The average molecular weight is 472 g/mol. The normalized spacial score (nSPS) is 16.6. The third-order valence-corrected chi connectivity index (χ3v) is 6.40. The number of hydrogen-bond acceptors (Lipinski definition) is 5. The van der Waals surface area contributed by atoms with Gasteiger partial charge in [-0.2, -0.15) is 0 Å². The number of ether oxygens (including phenoxy) is 2. The molecule has 1 aliphatic rings. The molecule has 35 heavy (non-hydrogen) atoms. The molecule has 5 rings (SSSR count). The summed E-state index contributed by atoms with van der Waals surface area (Å²) in [6, 6.07) is 23.2. The van der Waals surface area contributed by atoms with Gasteiger partial charge in [-0.3, -0.25) is 4.79 Å². The maximum Gasteiger partial charge on any atom is 0.227 e. The first-order valence-corrected chi connectivity index (χ1v) is 11.8. The van der Waals surface area contributed by atoms with Gasteiger partial charge in [0.05, 0.1) is 24.7 Å². The minimum Gasteiger partial charge on any atom is -0.497 e. The quantitative estimate of drug-likeness (QED) is 0.414. The van der Waals surface area contributed by atoms with Crippen molar-refractivity contribution in [1.29, 1.82) is 0 Å². The second-order valence-electron chi connectivity index (χ2n) is 8.95. The first-order valence-electron chi connectivity index (χ1n) is 11.8. The van der Waals surface area contributed by atoms with Gasteiger partial charge in [0, 0.05) is 30.6 Å². The third kappa shape index (κ3) is 4.86. The molecule has 0 saturated carbocycles. The van der Waals surface area contributed by atoms with E-state index in [1.807, 2.05) is 84.3 Å². The number of rotatable bonds is 8. The minimum absolute atomic E-state index is 0.0464. The van der Waals surface area contributed by atoms with E-state index in [0.717, 1.165) is 33.9 Å². The molecule has 1 fully saturated rings. The molecule has 0 aliphatic carbocycles. The number of hydrogen-bond donors (Lipinski definition) is 1. The Bertz CT molecular complexity index is 1330. The van der Waals surface area contributed by atoms with Gasteiger partial charge in [0.15, 0.2) is 0 Å². The number of aryl methyl sites for hydroxylation is 1. The van der Waals surface area contributed by atoms with E-state index < -0.39 is 6.10 Å². The van der Waals surface area contributed by atoms with Crippen LogP contribution in [0, 0.1) is 6.92 Å². The van der Waals surface area contributed by atoms with E-state index in [1.54, 1.807) is 12.0 Å². The van der Waals surface area contributed by atoms with Gasteiger partial charge >= 0.3 is 0 Å². The van der Waals surface area contributed by atoms with Gasteiger partial charge in [-0.15, -0.1) is 0 Å². The van der Waals surface area contributed by atoms with Crippen LogP contribution in [0.25, 0.3) is 11.0 Å². The van der Waals surface area contributed by atoms with Crippen molar-refractivity contribution >= 4 is 22.6 Å². The number of para-hydroxylation sites is 2. The zero-order valence-electron chi connectivity index (χ0n) is 19.9. The van der Waals surface area contributed by atoms with Gasteiger partial charge in [-0.05, 0) is 43.3 Å². The average Bonchev–Trinajstić information content (AvgIpc) is 3.44. The third-order valence-electron chi connectivity index (χ3n) is 6.40. The fourth-order valence-corrected chi connectivity index (χ4v) is 4.60. The van der Waals surface area contributed by atoms with Crippen molar-refractivity contribution in [3.05, 3.63) is 84.2 Å². The summed E-state index contributed by atoms with van der Waals surface area (Å²) >= 11 is 0. The fraction of sp³-hybridized carbons (Fsp3) is 0.286. The number of benzene rings is 3. The summed E-state index contributed by atoms with van der Waals surface area (Å²) in [4.78, 5) is 19.6. The molecule has 180 valence electrons. The molecule has 7 heteroatoms. The number of imidazole rings is 1. The van der Waals surface area contributed by atoms with Crippen molar-refractivity contribution in [3.8, 4) is 11.5 Å². The van der Waals surface area contributed by atoms with Crippen LogP contribution in [0.4, 0.5) is 5.69 Å². The summed E-state index contributed by atoms with van der Waals surface area (Å²) in [5, 5.41) is 10.8. The maximum atomic E-state index is 13.0. The summed E-state index contributed by atoms with van der Waals surface area (Å²) in [7, 11) is 1.62. The second-order valence-corrected chi connectivity index (χ2v) is 8.95. The molecule has 0 unspecified atom stereocenters. The first kappa shape index (κ1) is 22.9. The van der Waals surface area contributed by atoms with E-state index in [4.69, 9.17) is 14.5 Å². The fourth-order valence-electron chi connectivity index (χ4n) is 4.60. The Morgan fingerprint density at radius 3 is 2.66 bits per heavy atom. The standard InChI is InChI=1S/C28H29N3O4/c1-19-10-12-23(13-11-19)35-18-22(32)17-31-26-9-4-3-8-25(26)29-28(31)20-14-27(33)30(16-20)21-6-5-7-24(15-21)34-2/h3-13,15,20,22,32H,14,16-18H2,1-2H3/t20-,22-/m0/s1. The van der Waals surface area contributed by atoms with Crippen LogP contribution in [0.1, 0.15) is 23.7 Å². The first-order chi connectivity index (χ1) is 17.0. The molecule has 2 heterocycles. The van der Waals surface area contributed by atoms with Crippen molar-refractivity contribution in [1.82, 2.24) is 9.55 Å². The van der Waals surface area contributed by atoms with Gasteiger partial charge in [-0.1, -0.05) is 35.9 Å². The molecule has 1 saturated heterocycles. The lowest BCUT2D eigenvalue weighted by molar-refractivity contribution is -0.117. The van der Waals surface area contributed by atoms with Crippen LogP contribution in [0.3, 0.4) is 0 Å². The number of anilines is 1. The zero-order valence-corrected chi connectivity index (χ0v) is 19.9. The molecular formula is C28H29N3O4. The molecule has 0 spiro atoms. The monoisotopic (exact) mass is 471 g/mol. The Morgan fingerprint density at radius 2 is 1.86 bits per heavy atom. The highest BCUT2D eigenvalue weighted by molar-refractivity contribution is 5.96. The molecule has 0 radical (unpaired) electrons. The Balaban J connectivity index is 1.37. The van der Waals surface area contributed by atoms with Gasteiger partial charge in [0.2, 0.25) is 5.91 Å². The number of aliphatic hydroxyl groups excluding tert-OH is 1. The lowest BCUT2D eigenvalue weighted by Crippen LogP contribution is -2.26. The van der Waals surface area contributed by atoms with E-state index >= 15 is 0 Å². The van der Waals surface area contributed by atoms with Crippen molar-refractivity contribution in [2.45, 2.75) is 31.9 Å². The van der Waals surface area contributed by atoms with Crippen LogP contribution in [0.5, 0.6) is 11.5 Å². The van der Waals surface area contributed by atoms with Crippen molar-refractivity contribution in [3.63, 3.8) is 0 Å². The smallest absolute Gasteiger partial charge is 0.227 e. The predicted molar refractivity (Wildman–Crippen MR) is 135 cm³/mol. The summed E-state index contributed by atoms with van der Waals surface area (Å²) in [6.07, 6.45) is -0.379. The van der Waals surface area contributed by atoms with Crippen molar-refractivity contribution in [2.75, 3.05) is 25.2 Å². The maximum absolute atomic E-state index is 13.0. The van der Waals surface area contributed by atoms with E-state index in [0.29, 0.717) is 25.3 Å². The van der Waals surface area contributed by atoms with Crippen LogP contribution in [-0.2, 0) is 11.3 Å². The van der Waals surface area contributed by atoms with Crippen LogP contribution >= 0.6 is 0 Å². The van der Waals surface area contributed by atoms with Gasteiger partial charge in [-0.25, -0.2) is 4.98 Å². The molecule has 1 aliphatic heterocycles. The Labute approximate surface area is 204 Å². The Morgan fingerprint density at radius 1 is 1.06 bits per heavy atom. The zero-order chi connectivity index (χ0) is 24.4. The highest BCUT2D eigenvalue weighted by atomic mass is 16.5. The number of fused-ring (bicyclic) bond motifs is 1. The van der Waals surface area contributed by atoms with E-state index in [-0.39, 0.29) is 18.4 Å². The second kappa shape index (κ2) is 9.80. The van der Waals surface area contributed by atoms with E-state index in [1.165, 1.54) is 0 Å². The molecular weight excluding hydrogens is 442 g/mol. The number of amides is 1. The Kier molecular flexibility index (Phi) is 6.42. The van der Waals surface area contributed by atoms with Crippen LogP contribution in [0.15, 0.2) is 72.8 Å². The van der Waals surface area contributed by atoms with Crippen LogP contribution in [0.2, 0.25) is 0 Å². The lowest BCUT2D eigenvalue weighted by atomic mass is 10.1. The van der Waals surface area contributed by atoms with Gasteiger partial charge in [0.25, 0.3) is 0 Å². The minimum atomic E-state index is -0.737. The Hall–Kier alpha value is -3.84. The summed E-state index contributed by atoms with van der Waals surface area (Å²) in [6.45, 7) is 3.03. The van der Waals surface area contributed by atoms with E-state index in [2.05, 4.69) is 0 Å². The molecule has 3 aromatic carbocycles. The molecule has 1 N–H and O–H groups in total. The topological polar surface area (TPSA) is 76.8 Å².